The second kappa shape index (κ2) is 8.41. The lowest BCUT2D eigenvalue weighted by Gasteiger charge is -2.15. The van der Waals surface area contributed by atoms with Crippen molar-refractivity contribution in [2.45, 2.75) is 13.2 Å². The molecule has 3 rings (SSSR count). The summed E-state index contributed by atoms with van der Waals surface area (Å²) in [7, 11) is 3.71. The Labute approximate surface area is 168 Å². The minimum atomic E-state index is 0.637. The summed E-state index contributed by atoms with van der Waals surface area (Å²) in [5.41, 5.74) is 0.873. The van der Waals surface area contributed by atoms with Gasteiger partial charge < -0.3 is 10.1 Å². The first-order valence-electron chi connectivity index (χ1n) is 7.44. The van der Waals surface area contributed by atoms with Crippen LogP contribution in [0.2, 0.25) is 0 Å². The Hall–Kier alpha value is -1.26. The molecular formula is C16H17BrN4OS3. The molecule has 3 aromatic rings. The molecule has 25 heavy (non-hydrogen) atoms. The zero-order chi connectivity index (χ0) is 17.8. The van der Waals surface area contributed by atoms with E-state index in [1.165, 1.54) is 16.2 Å². The zero-order valence-electron chi connectivity index (χ0n) is 13.7. The summed E-state index contributed by atoms with van der Waals surface area (Å²) in [4.78, 5) is 3.48. The molecule has 2 heterocycles. The van der Waals surface area contributed by atoms with Crippen LogP contribution in [0, 0.1) is 3.95 Å². The van der Waals surface area contributed by atoms with Gasteiger partial charge in [0.25, 0.3) is 0 Å². The lowest BCUT2D eigenvalue weighted by Crippen LogP contribution is -2.22. The molecule has 0 bridgehead atoms. The van der Waals surface area contributed by atoms with Crippen LogP contribution in [0.3, 0.4) is 0 Å². The largest absolute Gasteiger partial charge is 0.495 e. The molecule has 0 unspecified atom stereocenters. The van der Waals surface area contributed by atoms with Gasteiger partial charge in [0.05, 0.1) is 19.5 Å². The van der Waals surface area contributed by atoms with Crippen molar-refractivity contribution < 1.29 is 4.74 Å². The predicted molar refractivity (Wildman–Crippen MR) is 111 cm³/mol. The molecule has 0 aliphatic heterocycles. The second-order valence-corrected chi connectivity index (χ2v) is 8.92. The van der Waals surface area contributed by atoms with Gasteiger partial charge in [-0.25, -0.2) is 4.68 Å². The van der Waals surface area contributed by atoms with E-state index in [2.05, 4.69) is 49.7 Å². The molecule has 0 spiro atoms. The molecule has 5 nitrogen and oxygen atoms in total. The van der Waals surface area contributed by atoms with Crippen molar-refractivity contribution in [3.63, 3.8) is 0 Å². The number of methoxy groups -OCH3 is 1. The third-order valence-corrected chi connectivity index (χ3v) is 6.28. The average molecular weight is 457 g/mol. The van der Waals surface area contributed by atoms with E-state index in [0.717, 1.165) is 31.5 Å². The maximum atomic E-state index is 5.45. The molecule has 0 atom stereocenters. The SMILES string of the molecule is COc1ccccc1Nc1nn(CN(C)Cc2cc(Br)cs2)c(=S)s1. The third kappa shape index (κ3) is 4.89. The second-order valence-electron chi connectivity index (χ2n) is 5.38. The van der Waals surface area contributed by atoms with Crippen molar-refractivity contribution in [1.29, 1.82) is 0 Å². The highest BCUT2D eigenvalue weighted by atomic mass is 79.9. The van der Waals surface area contributed by atoms with Gasteiger partial charge in [0.15, 0.2) is 3.95 Å². The fraction of sp³-hybridized carbons (Fsp3) is 0.250. The van der Waals surface area contributed by atoms with Gasteiger partial charge >= 0.3 is 0 Å². The summed E-state index contributed by atoms with van der Waals surface area (Å²) in [5, 5.41) is 10.7. The molecule has 2 aromatic heterocycles. The minimum Gasteiger partial charge on any atom is -0.495 e. The van der Waals surface area contributed by atoms with Gasteiger partial charge in [0.1, 0.15) is 5.75 Å². The van der Waals surface area contributed by atoms with Crippen molar-refractivity contribution in [2.75, 3.05) is 19.5 Å². The maximum absolute atomic E-state index is 5.45. The van der Waals surface area contributed by atoms with E-state index in [4.69, 9.17) is 17.0 Å². The maximum Gasteiger partial charge on any atom is 0.209 e. The molecule has 9 heteroatoms. The van der Waals surface area contributed by atoms with Gasteiger partial charge in [-0.2, -0.15) is 0 Å². The fourth-order valence-corrected chi connectivity index (χ4v) is 4.83. The summed E-state index contributed by atoms with van der Waals surface area (Å²) in [6.45, 7) is 1.49. The number of nitrogens with zero attached hydrogens (tertiary/aromatic N) is 3. The van der Waals surface area contributed by atoms with Crippen LogP contribution in [0.15, 0.2) is 40.2 Å². The number of nitrogens with one attached hydrogen (secondary N) is 1. The number of rotatable bonds is 7. The normalized spacial score (nSPS) is 11.0. The number of hydrogen-bond acceptors (Lipinski definition) is 7. The molecular weight excluding hydrogens is 440 g/mol. The number of ether oxygens (including phenoxy) is 1. The van der Waals surface area contributed by atoms with Crippen LogP contribution in [0.25, 0.3) is 0 Å². The quantitative estimate of drug-likeness (QED) is 0.485. The van der Waals surface area contributed by atoms with Crippen molar-refractivity contribution in [1.82, 2.24) is 14.7 Å². The van der Waals surface area contributed by atoms with E-state index in [1.54, 1.807) is 18.4 Å². The minimum absolute atomic E-state index is 0.637. The molecule has 0 aliphatic carbocycles. The van der Waals surface area contributed by atoms with Crippen LogP contribution >= 0.6 is 50.8 Å². The van der Waals surface area contributed by atoms with Crippen LogP contribution in [0.1, 0.15) is 4.88 Å². The smallest absolute Gasteiger partial charge is 0.209 e. The van der Waals surface area contributed by atoms with Gasteiger partial charge in [0, 0.05) is 21.3 Å². The predicted octanol–water partition coefficient (Wildman–Crippen LogP) is 5.34. The third-order valence-electron chi connectivity index (χ3n) is 3.38. The van der Waals surface area contributed by atoms with Crippen molar-refractivity contribution in [3.05, 3.63) is 49.0 Å². The number of benzene rings is 1. The Bertz CT molecular complexity index is 905. The lowest BCUT2D eigenvalue weighted by molar-refractivity contribution is 0.247. The number of para-hydroxylation sites is 2. The molecule has 0 aliphatic rings. The van der Waals surface area contributed by atoms with Gasteiger partial charge in [-0.1, -0.05) is 23.5 Å². The Morgan fingerprint density at radius 3 is 2.92 bits per heavy atom. The van der Waals surface area contributed by atoms with E-state index in [1.807, 2.05) is 28.9 Å². The molecule has 132 valence electrons. The molecule has 1 N–H and O–H groups in total. The van der Waals surface area contributed by atoms with Crippen molar-refractivity contribution in [3.8, 4) is 5.75 Å². The molecule has 0 fully saturated rings. The first-order valence-corrected chi connectivity index (χ1v) is 10.3. The first-order chi connectivity index (χ1) is 12.0. The summed E-state index contributed by atoms with van der Waals surface area (Å²) >= 11 is 12.1. The van der Waals surface area contributed by atoms with Gasteiger partial charge in [0.2, 0.25) is 5.13 Å². The van der Waals surface area contributed by atoms with Crippen molar-refractivity contribution in [2.24, 2.45) is 0 Å². The van der Waals surface area contributed by atoms with E-state index in [9.17, 15) is 0 Å². The molecule has 1 aromatic carbocycles. The zero-order valence-corrected chi connectivity index (χ0v) is 17.8. The average Bonchev–Trinajstić information content (AvgIpc) is 3.13. The highest BCUT2D eigenvalue weighted by molar-refractivity contribution is 9.10. The standard InChI is InChI=1S/C16H17BrN4OS3/c1-20(8-12-7-11(17)9-24-12)10-21-16(23)25-15(19-21)18-13-5-3-4-6-14(13)22-2/h3-7,9H,8,10H2,1-2H3,(H,18,19). The monoisotopic (exact) mass is 456 g/mol. The Kier molecular flexibility index (Phi) is 6.24. The number of aromatic nitrogens is 2. The van der Waals surface area contributed by atoms with Crippen LogP contribution in [0.4, 0.5) is 10.8 Å². The van der Waals surface area contributed by atoms with E-state index in [-0.39, 0.29) is 0 Å². The Morgan fingerprint density at radius 2 is 2.20 bits per heavy atom. The summed E-state index contributed by atoms with van der Waals surface area (Å²) in [6, 6.07) is 9.88. The lowest BCUT2D eigenvalue weighted by atomic mass is 10.3. The van der Waals surface area contributed by atoms with Gasteiger partial charge in [-0.3, -0.25) is 4.90 Å². The van der Waals surface area contributed by atoms with Gasteiger partial charge in [-0.05, 0) is 53.4 Å². The highest BCUT2D eigenvalue weighted by Crippen LogP contribution is 2.28. The highest BCUT2D eigenvalue weighted by Gasteiger charge is 2.10. The summed E-state index contributed by atoms with van der Waals surface area (Å²) in [5.74, 6) is 0.774. The number of anilines is 2. The Balaban J connectivity index is 1.68. The fourth-order valence-electron chi connectivity index (χ4n) is 2.29. The van der Waals surface area contributed by atoms with Crippen LogP contribution in [0.5, 0.6) is 5.75 Å². The molecule has 0 radical (unpaired) electrons. The van der Waals surface area contributed by atoms with Gasteiger partial charge in [-0.15, -0.1) is 16.4 Å². The Morgan fingerprint density at radius 1 is 1.40 bits per heavy atom. The van der Waals surface area contributed by atoms with E-state index >= 15 is 0 Å². The number of halogens is 1. The molecule has 0 saturated heterocycles. The van der Waals surface area contributed by atoms with Crippen LogP contribution in [-0.2, 0) is 13.2 Å². The summed E-state index contributed by atoms with van der Waals surface area (Å²) in [6.07, 6.45) is 0. The topological polar surface area (TPSA) is 42.3 Å². The van der Waals surface area contributed by atoms with E-state index in [0.29, 0.717) is 6.67 Å². The number of hydrogen-bond donors (Lipinski definition) is 1. The molecule has 0 saturated carbocycles. The van der Waals surface area contributed by atoms with Crippen molar-refractivity contribution >= 4 is 61.6 Å². The van der Waals surface area contributed by atoms with E-state index < -0.39 is 0 Å². The number of thiophene rings is 1. The molecule has 0 amide bonds. The van der Waals surface area contributed by atoms with Crippen LogP contribution in [-0.4, -0.2) is 28.8 Å². The summed E-state index contributed by atoms with van der Waals surface area (Å²) < 4.78 is 9.04. The van der Waals surface area contributed by atoms with Crippen LogP contribution < -0.4 is 10.1 Å². The first kappa shape index (κ1) is 18.5.